The minimum absolute atomic E-state index is 1.15. The lowest BCUT2D eigenvalue weighted by molar-refractivity contribution is 0.885. The molecule has 0 nitrogen and oxygen atoms in total. The number of benzene rings is 2. The number of fused-ring (bicyclic) bond motifs is 1. The van der Waals surface area contributed by atoms with Gasteiger partial charge in [0.1, 0.15) is 0 Å². The van der Waals surface area contributed by atoms with E-state index in [0.29, 0.717) is 0 Å². The van der Waals surface area contributed by atoms with E-state index in [1.165, 1.54) is 58.2 Å². The van der Waals surface area contributed by atoms with Gasteiger partial charge in [-0.25, -0.2) is 0 Å². The number of hydrogen-bond donors (Lipinski definition) is 0. The fraction of sp³-hybridized carbons (Fsp3) is 0.391. The van der Waals surface area contributed by atoms with Crippen LogP contribution in [0.5, 0.6) is 0 Å². The molecule has 0 radical (unpaired) electrons. The molecule has 0 aliphatic heterocycles. The summed E-state index contributed by atoms with van der Waals surface area (Å²) in [6, 6.07) is 11.7. The molecule has 0 saturated carbocycles. The fourth-order valence-electron chi connectivity index (χ4n) is 3.95. The Labute approximate surface area is 141 Å². The molecule has 0 spiro atoms. The van der Waals surface area contributed by atoms with E-state index in [4.69, 9.17) is 0 Å². The van der Waals surface area contributed by atoms with Gasteiger partial charge in [0.15, 0.2) is 0 Å². The molecule has 0 saturated heterocycles. The van der Waals surface area contributed by atoms with Crippen LogP contribution in [-0.2, 0) is 12.8 Å². The third-order valence-corrected chi connectivity index (χ3v) is 4.79. The first-order chi connectivity index (χ1) is 11.1. The molecule has 23 heavy (non-hydrogen) atoms. The summed E-state index contributed by atoms with van der Waals surface area (Å²) in [6.45, 7) is 8.96. The Morgan fingerprint density at radius 1 is 0.870 bits per heavy atom. The highest BCUT2D eigenvalue weighted by Crippen LogP contribution is 2.38. The summed E-state index contributed by atoms with van der Waals surface area (Å²) in [4.78, 5) is 0. The predicted molar refractivity (Wildman–Crippen MR) is 102 cm³/mol. The summed E-state index contributed by atoms with van der Waals surface area (Å²) in [5.74, 6) is 0. The van der Waals surface area contributed by atoms with Gasteiger partial charge in [0.25, 0.3) is 0 Å². The first kappa shape index (κ1) is 16.1. The molecule has 0 bridgehead atoms. The highest BCUT2D eigenvalue weighted by molar-refractivity contribution is 5.83. The average Bonchev–Trinajstić information content (AvgIpc) is 2.89. The van der Waals surface area contributed by atoms with Gasteiger partial charge in [-0.1, -0.05) is 79.8 Å². The molecule has 3 rings (SSSR count). The SMILES string of the molecule is CCCC1=Cc2c(ccc(CCC)c2-c2cc(C)cc(C)c2)C1. The van der Waals surface area contributed by atoms with Crippen molar-refractivity contribution in [1.82, 2.24) is 0 Å². The Morgan fingerprint density at radius 3 is 2.22 bits per heavy atom. The van der Waals surface area contributed by atoms with E-state index >= 15 is 0 Å². The van der Waals surface area contributed by atoms with Gasteiger partial charge < -0.3 is 0 Å². The molecule has 0 fully saturated rings. The zero-order valence-electron chi connectivity index (χ0n) is 15.0. The molecule has 0 N–H and O–H groups in total. The molecule has 0 aromatic heterocycles. The smallest absolute Gasteiger partial charge is 0.00576 e. The van der Waals surface area contributed by atoms with Crippen LogP contribution in [0, 0.1) is 13.8 Å². The van der Waals surface area contributed by atoms with E-state index in [0.717, 1.165) is 12.8 Å². The Kier molecular flexibility index (Phi) is 4.71. The minimum Gasteiger partial charge on any atom is -0.0652 e. The van der Waals surface area contributed by atoms with E-state index in [2.05, 4.69) is 64.1 Å². The lowest BCUT2D eigenvalue weighted by Crippen LogP contribution is -1.96. The van der Waals surface area contributed by atoms with Gasteiger partial charge in [0, 0.05) is 0 Å². The van der Waals surface area contributed by atoms with E-state index in [1.807, 2.05) is 0 Å². The van der Waals surface area contributed by atoms with Crippen molar-refractivity contribution in [2.24, 2.45) is 0 Å². The van der Waals surface area contributed by atoms with Crippen molar-refractivity contribution in [2.45, 2.75) is 59.8 Å². The van der Waals surface area contributed by atoms with E-state index in [9.17, 15) is 0 Å². The molecule has 1 aliphatic rings. The summed E-state index contributed by atoms with van der Waals surface area (Å²) >= 11 is 0. The maximum Gasteiger partial charge on any atom is -0.00576 e. The van der Waals surface area contributed by atoms with E-state index in [-0.39, 0.29) is 0 Å². The molecule has 2 aromatic rings. The summed E-state index contributed by atoms with van der Waals surface area (Å²) in [5, 5.41) is 0. The number of rotatable bonds is 5. The van der Waals surface area contributed by atoms with Crippen LogP contribution in [0.15, 0.2) is 35.9 Å². The van der Waals surface area contributed by atoms with Crippen molar-refractivity contribution in [3.8, 4) is 11.1 Å². The Bertz CT molecular complexity index is 727. The van der Waals surface area contributed by atoms with Crippen molar-refractivity contribution in [1.29, 1.82) is 0 Å². The van der Waals surface area contributed by atoms with Crippen molar-refractivity contribution in [3.63, 3.8) is 0 Å². The maximum absolute atomic E-state index is 2.48. The van der Waals surface area contributed by atoms with Crippen molar-refractivity contribution >= 4 is 6.08 Å². The Morgan fingerprint density at radius 2 is 1.57 bits per heavy atom. The first-order valence-electron chi connectivity index (χ1n) is 9.05. The lowest BCUT2D eigenvalue weighted by atomic mass is 9.89. The lowest BCUT2D eigenvalue weighted by Gasteiger charge is -2.15. The zero-order valence-corrected chi connectivity index (χ0v) is 15.0. The topological polar surface area (TPSA) is 0 Å². The van der Waals surface area contributed by atoms with Crippen LogP contribution in [0.1, 0.15) is 60.9 Å². The van der Waals surface area contributed by atoms with E-state index in [1.54, 1.807) is 5.57 Å². The van der Waals surface area contributed by atoms with Gasteiger partial charge >= 0.3 is 0 Å². The molecular weight excluding hydrogens is 276 g/mol. The third-order valence-electron chi connectivity index (χ3n) is 4.79. The fourth-order valence-corrected chi connectivity index (χ4v) is 3.95. The molecule has 2 aromatic carbocycles. The normalized spacial score (nSPS) is 13.1. The van der Waals surface area contributed by atoms with Crippen LogP contribution in [0.2, 0.25) is 0 Å². The second-order valence-corrected chi connectivity index (χ2v) is 7.03. The molecule has 0 heteroatoms. The third kappa shape index (κ3) is 3.27. The second kappa shape index (κ2) is 6.74. The monoisotopic (exact) mass is 304 g/mol. The first-order valence-corrected chi connectivity index (χ1v) is 9.05. The largest absolute Gasteiger partial charge is 0.0652 e. The van der Waals surface area contributed by atoms with Crippen molar-refractivity contribution in [3.05, 3.63) is 63.7 Å². The maximum atomic E-state index is 2.48. The average molecular weight is 304 g/mol. The van der Waals surface area contributed by atoms with Gasteiger partial charge in [0.05, 0.1) is 0 Å². The molecule has 0 amide bonds. The van der Waals surface area contributed by atoms with Crippen molar-refractivity contribution < 1.29 is 0 Å². The minimum atomic E-state index is 1.15. The van der Waals surface area contributed by atoms with Crippen LogP contribution in [0.4, 0.5) is 0 Å². The van der Waals surface area contributed by atoms with Crippen LogP contribution in [-0.4, -0.2) is 0 Å². The molecule has 0 heterocycles. The van der Waals surface area contributed by atoms with Crippen LogP contribution in [0.3, 0.4) is 0 Å². The quantitative estimate of drug-likeness (QED) is 0.579. The number of hydrogen-bond acceptors (Lipinski definition) is 0. The van der Waals surface area contributed by atoms with Crippen LogP contribution >= 0.6 is 0 Å². The van der Waals surface area contributed by atoms with Gasteiger partial charge in [-0.3, -0.25) is 0 Å². The molecule has 0 unspecified atom stereocenters. The Balaban J connectivity index is 2.19. The van der Waals surface area contributed by atoms with Gasteiger partial charge in [-0.05, 0) is 60.9 Å². The second-order valence-electron chi connectivity index (χ2n) is 7.03. The summed E-state index contributed by atoms with van der Waals surface area (Å²) in [6.07, 6.45) is 8.44. The van der Waals surface area contributed by atoms with Crippen molar-refractivity contribution in [2.75, 3.05) is 0 Å². The summed E-state index contributed by atoms with van der Waals surface area (Å²) < 4.78 is 0. The molecule has 0 atom stereocenters. The molecule has 1 aliphatic carbocycles. The van der Waals surface area contributed by atoms with Gasteiger partial charge in [-0.15, -0.1) is 0 Å². The Hall–Kier alpha value is -1.82. The van der Waals surface area contributed by atoms with Gasteiger partial charge in [0.2, 0.25) is 0 Å². The number of allylic oxidation sites excluding steroid dienone is 1. The standard InChI is InChI=1S/C23H28/c1-5-7-18-14-20-10-9-19(8-6-2)23(22(20)15-18)21-12-16(3)11-17(4)13-21/h9-13,15H,5-8,14H2,1-4H3. The molecular formula is C23H28. The molecule has 120 valence electrons. The van der Waals surface area contributed by atoms with Gasteiger partial charge in [-0.2, -0.15) is 0 Å². The zero-order chi connectivity index (χ0) is 16.4. The van der Waals surface area contributed by atoms with E-state index < -0.39 is 0 Å². The summed E-state index contributed by atoms with van der Waals surface area (Å²) in [7, 11) is 0. The predicted octanol–water partition coefficient (Wildman–Crippen LogP) is 6.66. The van der Waals surface area contributed by atoms with Crippen LogP contribution in [0.25, 0.3) is 17.2 Å². The van der Waals surface area contributed by atoms with Crippen LogP contribution < -0.4 is 0 Å². The summed E-state index contributed by atoms with van der Waals surface area (Å²) in [5.41, 5.74) is 11.7. The number of aryl methyl sites for hydroxylation is 3. The highest BCUT2D eigenvalue weighted by atomic mass is 14.2. The highest BCUT2D eigenvalue weighted by Gasteiger charge is 2.19.